The molecule has 1 aliphatic heterocycles. The van der Waals surface area contributed by atoms with Gasteiger partial charge in [0.2, 0.25) is 0 Å². The second-order valence-corrected chi connectivity index (χ2v) is 8.75. The third kappa shape index (κ3) is 2.85. The van der Waals surface area contributed by atoms with Gasteiger partial charge in [0.15, 0.2) is 11.2 Å². The van der Waals surface area contributed by atoms with E-state index < -0.39 is 17.3 Å². The Kier molecular flexibility index (Phi) is 4.78. The molecule has 0 fully saturated rings. The van der Waals surface area contributed by atoms with Crippen LogP contribution in [-0.2, 0) is 18.9 Å². The van der Waals surface area contributed by atoms with Crippen molar-refractivity contribution in [1.29, 1.82) is 0 Å². The molecule has 0 aliphatic carbocycles. The van der Waals surface area contributed by atoms with Crippen LogP contribution in [0.4, 0.5) is 11.4 Å². The number of carbonyl (C=O) groups excluding carboxylic acids is 1. The molecule has 0 spiro atoms. The maximum absolute atomic E-state index is 14.0. The predicted molar refractivity (Wildman–Crippen MR) is 124 cm³/mol. The Morgan fingerprint density at radius 2 is 1.56 bits per heavy atom. The van der Waals surface area contributed by atoms with Gasteiger partial charge in [0, 0.05) is 23.9 Å². The van der Waals surface area contributed by atoms with Crippen LogP contribution in [0.15, 0.2) is 74.2 Å². The molecule has 1 amide bonds. The Morgan fingerprint density at radius 1 is 0.969 bits per heavy atom. The Bertz CT molecular complexity index is 1450. The highest BCUT2D eigenvalue weighted by molar-refractivity contribution is 7.99. The van der Waals surface area contributed by atoms with Crippen LogP contribution in [0.25, 0.3) is 11.2 Å². The number of hydrogen-bond acceptors (Lipinski definition) is 5. The number of aromatic nitrogens is 4. The van der Waals surface area contributed by atoms with Crippen molar-refractivity contribution in [2.45, 2.75) is 29.2 Å². The van der Waals surface area contributed by atoms with Crippen molar-refractivity contribution in [3.8, 4) is 0 Å². The topological polar surface area (TPSA) is 82.1 Å². The van der Waals surface area contributed by atoms with Gasteiger partial charge in [-0.05, 0) is 30.7 Å². The van der Waals surface area contributed by atoms with E-state index in [2.05, 4.69) is 4.98 Å². The van der Waals surface area contributed by atoms with Crippen LogP contribution in [0.5, 0.6) is 0 Å². The molecule has 0 bridgehead atoms. The summed E-state index contributed by atoms with van der Waals surface area (Å²) >= 11 is 1.63. The van der Waals surface area contributed by atoms with E-state index in [1.807, 2.05) is 55.5 Å². The minimum atomic E-state index is -0.672. The highest BCUT2D eigenvalue weighted by Crippen LogP contribution is 2.48. The van der Waals surface area contributed by atoms with Gasteiger partial charge in [-0.15, -0.1) is 0 Å². The lowest BCUT2D eigenvalue weighted by Crippen LogP contribution is -2.39. The van der Waals surface area contributed by atoms with Gasteiger partial charge in [0.25, 0.3) is 11.5 Å². The fraction of sp³-hybridized carbons (Fsp3) is 0.217. The molecule has 0 saturated carbocycles. The quantitative estimate of drug-likeness (QED) is 0.482. The number of nitrogens with zero attached hydrogens (tertiary/aromatic N) is 5. The SMILES string of the molecule is CC[C@@H](C(=O)N1c2ccccc2Sc2ccccc21)n1cnc2c1c(=O)n(C)c(=O)n2C. The molecule has 8 nitrogen and oxygen atoms in total. The number of carbonyl (C=O) groups is 1. The first-order valence-electron chi connectivity index (χ1n) is 10.3. The summed E-state index contributed by atoms with van der Waals surface area (Å²) in [5, 5.41) is 0. The van der Waals surface area contributed by atoms with E-state index in [4.69, 9.17) is 0 Å². The Morgan fingerprint density at radius 3 is 2.16 bits per heavy atom. The zero-order valence-electron chi connectivity index (χ0n) is 17.8. The van der Waals surface area contributed by atoms with Gasteiger partial charge in [-0.3, -0.25) is 23.6 Å². The second kappa shape index (κ2) is 7.52. The number of amides is 1. The highest BCUT2D eigenvalue weighted by atomic mass is 32.2. The van der Waals surface area contributed by atoms with Crippen LogP contribution in [0.2, 0.25) is 0 Å². The smallest absolute Gasteiger partial charge is 0.312 e. The fourth-order valence-electron chi connectivity index (χ4n) is 4.18. The van der Waals surface area contributed by atoms with Crippen LogP contribution < -0.4 is 16.1 Å². The molecule has 0 radical (unpaired) electrons. The Balaban J connectivity index is 1.71. The summed E-state index contributed by atoms with van der Waals surface area (Å²) in [5.74, 6) is -0.164. The van der Waals surface area contributed by atoms with Crippen molar-refractivity contribution in [2.24, 2.45) is 14.1 Å². The maximum atomic E-state index is 14.0. The summed E-state index contributed by atoms with van der Waals surface area (Å²) in [7, 11) is 3.00. The highest BCUT2D eigenvalue weighted by Gasteiger charge is 2.34. The average Bonchev–Trinajstić information content (AvgIpc) is 3.25. The van der Waals surface area contributed by atoms with E-state index in [0.717, 1.165) is 25.7 Å². The molecule has 2 aromatic heterocycles. The van der Waals surface area contributed by atoms with Crippen LogP contribution in [0.3, 0.4) is 0 Å². The van der Waals surface area contributed by atoms with Crippen molar-refractivity contribution in [1.82, 2.24) is 18.7 Å². The molecule has 32 heavy (non-hydrogen) atoms. The van der Waals surface area contributed by atoms with E-state index >= 15 is 0 Å². The van der Waals surface area contributed by atoms with Gasteiger partial charge in [-0.1, -0.05) is 43.0 Å². The summed E-state index contributed by atoms with van der Waals surface area (Å²) in [4.78, 5) is 47.3. The molecule has 3 heterocycles. The molecule has 162 valence electrons. The lowest BCUT2D eigenvalue weighted by Gasteiger charge is -2.33. The first-order valence-corrected chi connectivity index (χ1v) is 11.1. The second-order valence-electron chi connectivity index (χ2n) is 7.67. The minimum absolute atomic E-state index is 0.164. The third-order valence-corrected chi connectivity index (χ3v) is 6.96. The van der Waals surface area contributed by atoms with Crippen molar-refractivity contribution >= 4 is 40.2 Å². The van der Waals surface area contributed by atoms with Gasteiger partial charge < -0.3 is 4.57 Å². The van der Waals surface area contributed by atoms with E-state index in [-0.39, 0.29) is 17.1 Å². The standard InChI is InChI=1S/C23H21N5O3S/c1-4-14(27-13-24-20-19(27)22(30)26(3)23(31)25(20)2)21(29)28-15-9-5-7-11-17(15)32-18-12-8-6-10-16(18)28/h5-14H,4H2,1-3H3/t14-/m0/s1. The molecule has 0 saturated heterocycles. The van der Waals surface area contributed by atoms with E-state index in [0.29, 0.717) is 6.42 Å². The van der Waals surface area contributed by atoms with E-state index in [1.165, 1.54) is 17.9 Å². The van der Waals surface area contributed by atoms with Gasteiger partial charge in [-0.2, -0.15) is 0 Å². The van der Waals surface area contributed by atoms with Gasteiger partial charge in [-0.25, -0.2) is 9.78 Å². The van der Waals surface area contributed by atoms with E-state index in [9.17, 15) is 14.4 Å². The van der Waals surface area contributed by atoms with Crippen molar-refractivity contribution in [2.75, 3.05) is 4.90 Å². The maximum Gasteiger partial charge on any atom is 0.332 e. The van der Waals surface area contributed by atoms with Crippen LogP contribution in [0.1, 0.15) is 19.4 Å². The minimum Gasteiger partial charge on any atom is -0.312 e. The normalized spacial score (nSPS) is 13.7. The van der Waals surface area contributed by atoms with Crippen molar-refractivity contribution in [3.05, 3.63) is 75.7 Å². The van der Waals surface area contributed by atoms with Gasteiger partial charge in [0.1, 0.15) is 6.04 Å². The molecule has 1 atom stereocenters. The van der Waals surface area contributed by atoms with Gasteiger partial charge in [0.05, 0.1) is 17.7 Å². The van der Waals surface area contributed by atoms with Crippen LogP contribution >= 0.6 is 11.8 Å². The Labute approximate surface area is 187 Å². The molecule has 5 rings (SSSR count). The van der Waals surface area contributed by atoms with Crippen LogP contribution in [-0.4, -0.2) is 24.6 Å². The fourth-order valence-corrected chi connectivity index (χ4v) is 5.24. The summed E-state index contributed by atoms with van der Waals surface area (Å²) in [6, 6.07) is 14.9. The van der Waals surface area contributed by atoms with Crippen molar-refractivity contribution in [3.63, 3.8) is 0 Å². The molecule has 0 unspecified atom stereocenters. The summed E-state index contributed by atoms with van der Waals surface area (Å²) in [6.45, 7) is 1.90. The molecule has 1 aliphatic rings. The summed E-state index contributed by atoms with van der Waals surface area (Å²) < 4.78 is 3.97. The lowest BCUT2D eigenvalue weighted by molar-refractivity contribution is -0.121. The Hall–Kier alpha value is -3.59. The number of fused-ring (bicyclic) bond motifs is 3. The number of hydrogen-bond donors (Lipinski definition) is 0. The molecular weight excluding hydrogens is 426 g/mol. The summed E-state index contributed by atoms with van der Waals surface area (Å²) in [5.41, 5.74) is 1.20. The zero-order valence-corrected chi connectivity index (χ0v) is 18.7. The number of benzene rings is 2. The first kappa shape index (κ1) is 20.3. The molecule has 9 heteroatoms. The van der Waals surface area contributed by atoms with Crippen molar-refractivity contribution < 1.29 is 4.79 Å². The number of rotatable bonds is 3. The van der Waals surface area contributed by atoms with Crippen LogP contribution in [0, 0.1) is 0 Å². The largest absolute Gasteiger partial charge is 0.332 e. The number of anilines is 2. The molecule has 4 aromatic rings. The van der Waals surface area contributed by atoms with Gasteiger partial charge >= 0.3 is 5.69 Å². The predicted octanol–water partition coefficient (Wildman–Crippen LogP) is 3.21. The lowest BCUT2D eigenvalue weighted by atomic mass is 10.1. The average molecular weight is 448 g/mol. The number of imidazole rings is 1. The molecular formula is C23H21N5O3S. The summed E-state index contributed by atoms with van der Waals surface area (Å²) in [6.07, 6.45) is 1.93. The first-order chi connectivity index (χ1) is 15.4. The molecule has 2 aromatic carbocycles. The third-order valence-electron chi connectivity index (χ3n) is 5.83. The molecule has 0 N–H and O–H groups in total. The zero-order chi connectivity index (χ0) is 22.6. The monoisotopic (exact) mass is 447 g/mol. The van der Waals surface area contributed by atoms with E-state index in [1.54, 1.807) is 28.3 Å². The number of para-hydroxylation sites is 2. The number of aryl methyl sites for hydroxylation is 1.